The molecule has 0 bridgehead atoms. The maximum Gasteiger partial charge on any atom is 0.224 e. The Balaban J connectivity index is 1.92. The minimum atomic E-state index is -0.451. The number of carbonyl (C=O) groups is 1. The maximum atomic E-state index is 13.1. The average molecular weight is 274 g/mol. The molecule has 0 spiro atoms. The molecule has 104 valence electrons. The predicted molar refractivity (Wildman–Crippen MR) is 75.9 cm³/mol. The van der Waals surface area contributed by atoms with Crippen molar-refractivity contribution in [1.29, 1.82) is 0 Å². The summed E-state index contributed by atoms with van der Waals surface area (Å²) in [6.07, 6.45) is 0.780. The van der Waals surface area contributed by atoms with Gasteiger partial charge in [-0.25, -0.2) is 4.39 Å². The molecule has 0 aliphatic rings. The molecule has 0 aromatic heterocycles. The van der Waals surface area contributed by atoms with Crippen LogP contribution in [0.3, 0.4) is 0 Å². The summed E-state index contributed by atoms with van der Waals surface area (Å²) in [7, 11) is 0. The lowest BCUT2D eigenvalue weighted by atomic mass is 10.1. The van der Waals surface area contributed by atoms with Crippen LogP contribution in [0.2, 0.25) is 0 Å². The first kappa shape index (κ1) is 13.9. The molecule has 2 aromatic rings. The van der Waals surface area contributed by atoms with Crippen LogP contribution in [0, 0.1) is 5.82 Å². The van der Waals surface area contributed by atoms with Crippen molar-refractivity contribution in [2.75, 3.05) is 11.1 Å². The predicted octanol–water partition coefficient (Wildman–Crippen LogP) is 2.68. The van der Waals surface area contributed by atoms with E-state index >= 15 is 0 Å². The third kappa shape index (κ3) is 3.71. The molecule has 4 nitrogen and oxygen atoms in total. The molecular weight excluding hydrogens is 259 g/mol. The number of aryl methyl sites for hydroxylation is 1. The molecule has 0 atom stereocenters. The van der Waals surface area contributed by atoms with Crippen molar-refractivity contribution in [2.24, 2.45) is 0 Å². The molecule has 0 aliphatic carbocycles. The van der Waals surface area contributed by atoms with Crippen LogP contribution in [0.25, 0.3) is 0 Å². The monoisotopic (exact) mass is 274 g/mol. The quantitative estimate of drug-likeness (QED) is 0.750. The number of nitrogen functional groups attached to an aromatic ring is 1. The highest BCUT2D eigenvalue weighted by Crippen LogP contribution is 2.19. The fraction of sp³-hybridized carbons (Fsp3) is 0.133. The molecule has 0 unspecified atom stereocenters. The summed E-state index contributed by atoms with van der Waals surface area (Å²) >= 11 is 0. The molecule has 0 saturated heterocycles. The second-order valence-corrected chi connectivity index (χ2v) is 4.45. The summed E-state index contributed by atoms with van der Waals surface area (Å²) in [6.45, 7) is 0. The highest BCUT2D eigenvalue weighted by Gasteiger charge is 2.07. The number of hydrogen-bond donors (Lipinski definition) is 3. The fourth-order valence-electron chi connectivity index (χ4n) is 1.77. The van der Waals surface area contributed by atoms with Gasteiger partial charge < -0.3 is 16.2 Å². The van der Waals surface area contributed by atoms with Gasteiger partial charge in [0.1, 0.15) is 11.6 Å². The smallest absolute Gasteiger partial charge is 0.224 e. The Morgan fingerprint density at radius 3 is 2.60 bits per heavy atom. The summed E-state index contributed by atoms with van der Waals surface area (Å²) in [6, 6.07) is 10.5. The number of nitrogens with two attached hydrogens (primary N) is 1. The van der Waals surface area contributed by atoms with Crippen molar-refractivity contribution in [1.82, 2.24) is 0 Å². The van der Waals surface area contributed by atoms with Gasteiger partial charge in [-0.2, -0.15) is 0 Å². The van der Waals surface area contributed by atoms with Gasteiger partial charge in [0.25, 0.3) is 0 Å². The normalized spacial score (nSPS) is 10.2. The molecule has 0 aliphatic heterocycles. The highest BCUT2D eigenvalue weighted by molar-refractivity contribution is 5.93. The van der Waals surface area contributed by atoms with Gasteiger partial charge in [0.2, 0.25) is 5.91 Å². The number of nitrogens with one attached hydrogen (secondary N) is 1. The van der Waals surface area contributed by atoms with Crippen molar-refractivity contribution >= 4 is 17.3 Å². The molecule has 1 amide bonds. The number of aromatic hydroxyl groups is 1. The number of phenols is 1. The van der Waals surface area contributed by atoms with Crippen LogP contribution in [0.1, 0.15) is 12.0 Å². The molecule has 0 heterocycles. The Labute approximate surface area is 116 Å². The first-order valence-corrected chi connectivity index (χ1v) is 6.17. The van der Waals surface area contributed by atoms with E-state index in [4.69, 9.17) is 10.8 Å². The molecule has 0 saturated carbocycles. The zero-order chi connectivity index (χ0) is 14.5. The number of carbonyl (C=O) groups excluding carboxylic acids is 1. The minimum absolute atomic E-state index is 0.186. The van der Waals surface area contributed by atoms with Gasteiger partial charge in [0, 0.05) is 6.42 Å². The van der Waals surface area contributed by atoms with Crippen molar-refractivity contribution in [3.63, 3.8) is 0 Å². The fourth-order valence-corrected chi connectivity index (χ4v) is 1.77. The average Bonchev–Trinajstić information content (AvgIpc) is 2.42. The number of hydrogen-bond acceptors (Lipinski definition) is 3. The van der Waals surface area contributed by atoms with E-state index in [1.165, 1.54) is 18.2 Å². The van der Waals surface area contributed by atoms with Crippen LogP contribution in [-0.4, -0.2) is 11.0 Å². The van der Waals surface area contributed by atoms with E-state index in [0.29, 0.717) is 12.1 Å². The lowest BCUT2D eigenvalue weighted by Crippen LogP contribution is -2.13. The van der Waals surface area contributed by atoms with Crippen LogP contribution >= 0.6 is 0 Å². The Kier molecular flexibility index (Phi) is 4.20. The molecule has 4 N–H and O–H groups in total. The van der Waals surface area contributed by atoms with E-state index in [1.807, 2.05) is 0 Å². The summed E-state index contributed by atoms with van der Waals surface area (Å²) in [5, 5.41) is 11.7. The first-order chi connectivity index (χ1) is 9.54. The van der Waals surface area contributed by atoms with Crippen molar-refractivity contribution < 1.29 is 14.3 Å². The number of amides is 1. The summed E-state index contributed by atoms with van der Waals surface area (Å²) in [5.41, 5.74) is 7.19. The van der Waals surface area contributed by atoms with Crippen LogP contribution in [0.5, 0.6) is 5.75 Å². The second-order valence-electron chi connectivity index (χ2n) is 4.45. The Morgan fingerprint density at radius 2 is 1.90 bits per heavy atom. The number of phenolic OH excluding ortho intramolecular Hbond substituents is 1. The Morgan fingerprint density at radius 1 is 1.20 bits per heavy atom. The number of benzene rings is 2. The molecule has 2 rings (SSSR count). The van der Waals surface area contributed by atoms with Crippen molar-refractivity contribution in [3.05, 3.63) is 53.8 Å². The summed E-state index contributed by atoms with van der Waals surface area (Å²) < 4.78 is 13.1. The van der Waals surface area contributed by atoms with Crippen LogP contribution in [0.4, 0.5) is 15.8 Å². The molecule has 0 radical (unpaired) electrons. The van der Waals surface area contributed by atoms with Gasteiger partial charge >= 0.3 is 0 Å². The van der Waals surface area contributed by atoms with Crippen LogP contribution in [0.15, 0.2) is 42.5 Å². The Bertz CT molecular complexity index is 612. The highest BCUT2D eigenvalue weighted by atomic mass is 19.1. The first-order valence-electron chi connectivity index (χ1n) is 6.17. The molecular formula is C15H15FN2O2. The molecule has 5 heteroatoms. The van der Waals surface area contributed by atoms with Crippen LogP contribution < -0.4 is 11.1 Å². The molecule has 2 aromatic carbocycles. The lowest BCUT2D eigenvalue weighted by molar-refractivity contribution is -0.116. The van der Waals surface area contributed by atoms with Gasteiger partial charge in [0.05, 0.1) is 11.4 Å². The summed E-state index contributed by atoms with van der Waals surface area (Å²) in [5.74, 6) is -0.505. The van der Waals surface area contributed by atoms with Gasteiger partial charge in [-0.3, -0.25) is 4.79 Å². The largest absolute Gasteiger partial charge is 0.508 e. The summed E-state index contributed by atoms with van der Waals surface area (Å²) in [4.78, 5) is 11.8. The minimum Gasteiger partial charge on any atom is -0.508 e. The van der Waals surface area contributed by atoms with E-state index in [2.05, 4.69) is 5.32 Å². The zero-order valence-electron chi connectivity index (χ0n) is 10.8. The van der Waals surface area contributed by atoms with E-state index in [1.54, 1.807) is 24.3 Å². The maximum absolute atomic E-state index is 13.1. The van der Waals surface area contributed by atoms with E-state index in [0.717, 1.165) is 5.56 Å². The van der Waals surface area contributed by atoms with Crippen molar-refractivity contribution in [3.8, 4) is 5.75 Å². The number of halogens is 1. The van der Waals surface area contributed by atoms with Gasteiger partial charge in [-0.1, -0.05) is 12.1 Å². The molecule has 20 heavy (non-hydrogen) atoms. The standard InChI is InChI=1S/C15H15FN2O2/c16-11-4-7-13(17)14(9-11)18-15(20)8-3-10-1-5-12(19)6-2-10/h1-2,4-7,9,19H,3,8,17H2,(H,18,20). The van der Waals surface area contributed by atoms with Gasteiger partial charge in [0.15, 0.2) is 0 Å². The third-order valence-corrected chi connectivity index (χ3v) is 2.87. The van der Waals surface area contributed by atoms with E-state index in [9.17, 15) is 9.18 Å². The second kappa shape index (κ2) is 6.06. The van der Waals surface area contributed by atoms with Crippen molar-refractivity contribution in [2.45, 2.75) is 12.8 Å². The van der Waals surface area contributed by atoms with Gasteiger partial charge in [-0.15, -0.1) is 0 Å². The van der Waals surface area contributed by atoms with E-state index < -0.39 is 5.82 Å². The SMILES string of the molecule is Nc1ccc(F)cc1NC(=O)CCc1ccc(O)cc1. The van der Waals surface area contributed by atoms with Gasteiger partial charge in [-0.05, 0) is 42.3 Å². The Hall–Kier alpha value is -2.56. The topological polar surface area (TPSA) is 75.3 Å². The van der Waals surface area contributed by atoms with Crippen LogP contribution in [-0.2, 0) is 11.2 Å². The number of anilines is 2. The molecule has 0 fully saturated rings. The van der Waals surface area contributed by atoms with E-state index in [-0.39, 0.29) is 23.8 Å². The lowest BCUT2D eigenvalue weighted by Gasteiger charge is -2.08. The number of rotatable bonds is 4. The third-order valence-electron chi connectivity index (χ3n) is 2.87. The zero-order valence-corrected chi connectivity index (χ0v) is 10.8.